The molecule has 5 aliphatic rings. The Morgan fingerprint density at radius 1 is 1.10 bits per heavy atom. The lowest BCUT2D eigenvalue weighted by Crippen LogP contribution is -2.62. The van der Waals surface area contributed by atoms with Crippen LogP contribution in [0.5, 0.6) is 0 Å². The van der Waals surface area contributed by atoms with Crippen molar-refractivity contribution in [3.05, 3.63) is 71.5 Å². The first kappa shape index (κ1) is 28.1. The lowest BCUT2D eigenvalue weighted by atomic mass is 9.48. The van der Waals surface area contributed by atoms with Crippen LogP contribution in [0.1, 0.15) is 71.2 Å². The largest absolute Gasteiger partial charge is 0.457 e. The Labute approximate surface area is 241 Å². The molecule has 1 aliphatic heterocycles. The minimum Gasteiger partial charge on any atom is -0.457 e. The summed E-state index contributed by atoms with van der Waals surface area (Å²) in [6, 6.07) is 8.93. The first-order chi connectivity index (χ1) is 19.2. The zero-order valence-electron chi connectivity index (χ0n) is 24.7. The standard InChI is InChI=1S/C34H40O7/c1-20-16-25-24-13-12-22-17-23(40-28(36)21-10-8-7-9-11-21)14-15-31(22,5)34(24)27(41-34)18-32(25,6)33(20,38)26(35)19-39-29(37)30(2,3)4/h7-12,14-15,17,20,24-25,27,38H,13,16,18-19H2,1-6H3/t20-,24?,25?,27?,31?,32?,33+,34?/m1/s1. The maximum Gasteiger partial charge on any atom is 0.343 e. The number of ketones is 1. The number of hydrogen-bond donors (Lipinski definition) is 1. The summed E-state index contributed by atoms with van der Waals surface area (Å²) in [5.41, 5.74) is -2.37. The molecule has 7 heteroatoms. The smallest absolute Gasteiger partial charge is 0.343 e. The van der Waals surface area contributed by atoms with Crippen molar-refractivity contribution in [1.29, 1.82) is 0 Å². The molecule has 2 saturated carbocycles. The number of carbonyl (C=O) groups excluding carboxylic acids is 3. The molecule has 8 atom stereocenters. The van der Waals surface area contributed by atoms with Gasteiger partial charge >= 0.3 is 11.9 Å². The van der Waals surface area contributed by atoms with Gasteiger partial charge in [0.15, 0.2) is 6.61 Å². The molecule has 7 nitrogen and oxygen atoms in total. The van der Waals surface area contributed by atoms with Crippen LogP contribution in [0, 0.1) is 34.0 Å². The molecular weight excluding hydrogens is 520 g/mol. The number of benzene rings is 1. The predicted octanol–water partition coefficient (Wildman–Crippen LogP) is 5.34. The van der Waals surface area contributed by atoms with Gasteiger partial charge in [0, 0.05) is 10.8 Å². The number of Topliss-reactive ketones (excluding diaryl/α,β-unsaturated/α-hetero) is 1. The molecule has 1 N–H and O–H groups in total. The van der Waals surface area contributed by atoms with E-state index in [0.29, 0.717) is 24.2 Å². The fraction of sp³-hybridized carbons (Fsp3) is 0.559. The van der Waals surface area contributed by atoms with Crippen molar-refractivity contribution >= 4 is 17.7 Å². The van der Waals surface area contributed by atoms with Crippen LogP contribution in [0.25, 0.3) is 0 Å². The third-order valence-corrected chi connectivity index (χ3v) is 10.9. The molecule has 4 aliphatic carbocycles. The van der Waals surface area contributed by atoms with E-state index in [1.54, 1.807) is 45.0 Å². The maximum absolute atomic E-state index is 13.6. The van der Waals surface area contributed by atoms with Gasteiger partial charge in [-0.2, -0.15) is 0 Å². The average Bonchev–Trinajstić information content (AvgIpc) is 3.61. The Morgan fingerprint density at radius 3 is 2.49 bits per heavy atom. The average molecular weight is 561 g/mol. The highest BCUT2D eigenvalue weighted by Crippen LogP contribution is 2.75. The second-order valence-corrected chi connectivity index (χ2v) is 14.1. The van der Waals surface area contributed by atoms with E-state index in [1.165, 1.54) is 0 Å². The van der Waals surface area contributed by atoms with E-state index in [1.807, 2.05) is 32.1 Å². The van der Waals surface area contributed by atoms with Gasteiger partial charge < -0.3 is 19.3 Å². The van der Waals surface area contributed by atoms with Gasteiger partial charge in [-0.05, 0) is 94.6 Å². The molecule has 0 aromatic heterocycles. The van der Waals surface area contributed by atoms with Crippen LogP contribution in [-0.2, 0) is 23.8 Å². The van der Waals surface area contributed by atoms with Gasteiger partial charge in [-0.1, -0.05) is 44.2 Å². The summed E-state index contributed by atoms with van der Waals surface area (Å²) in [5, 5.41) is 12.1. The van der Waals surface area contributed by atoms with Crippen molar-refractivity contribution in [2.45, 2.75) is 78.1 Å². The Bertz CT molecular complexity index is 1400. The zero-order chi connectivity index (χ0) is 29.6. The highest BCUT2D eigenvalue weighted by molar-refractivity contribution is 5.92. The molecule has 1 spiro atoms. The third kappa shape index (κ3) is 3.81. The molecular formula is C34H40O7. The first-order valence-corrected chi connectivity index (χ1v) is 14.7. The van der Waals surface area contributed by atoms with Crippen molar-refractivity contribution < 1.29 is 33.7 Å². The van der Waals surface area contributed by atoms with Crippen molar-refractivity contribution in [3.8, 4) is 0 Å². The molecule has 1 saturated heterocycles. The molecule has 0 radical (unpaired) electrons. The molecule has 6 rings (SSSR count). The lowest BCUT2D eigenvalue weighted by Gasteiger charge is -2.54. The summed E-state index contributed by atoms with van der Waals surface area (Å²) in [4.78, 5) is 38.7. The Morgan fingerprint density at radius 2 is 1.80 bits per heavy atom. The monoisotopic (exact) mass is 560 g/mol. The fourth-order valence-electron chi connectivity index (χ4n) is 8.59. The van der Waals surface area contributed by atoms with Gasteiger partial charge in [0.25, 0.3) is 0 Å². The summed E-state index contributed by atoms with van der Waals surface area (Å²) in [7, 11) is 0. The molecule has 218 valence electrons. The first-order valence-electron chi connectivity index (χ1n) is 14.7. The summed E-state index contributed by atoms with van der Waals surface area (Å²) in [6.45, 7) is 10.9. The number of aliphatic hydroxyl groups is 1. The number of rotatable bonds is 5. The molecule has 1 heterocycles. The second-order valence-electron chi connectivity index (χ2n) is 14.1. The van der Waals surface area contributed by atoms with Crippen LogP contribution in [0.3, 0.4) is 0 Å². The maximum atomic E-state index is 13.6. The number of fused-ring (bicyclic) bond motifs is 3. The fourth-order valence-corrected chi connectivity index (χ4v) is 8.59. The highest BCUT2D eigenvalue weighted by atomic mass is 16.6. The van der Waals surface area contributed by atoms with Gasteiger partial charge in [-0.3, -0.25) is 9.59 Å². The molecule has 0 bridgehead atoms. The van der Waals surface area contributed by atoms with Crippen LogP contribution in [0.15, 0.2) is 66.0 Å². The van der Waals surface area contributed by atoms with Gasteiger partial charge in [0.05, 0.1) is 17.1 Å². The van der Waals surface area contributed by atoms with Crippen LogP contribution in [0.4, 0.5) is 0 Å². The van der Waals surface area contributed by atoms with Crippen LogP contribution >= 0.6 is 0 Å². The van der Waals surface area contributed by atoms with Crippen molar-refractivity contribution in [2.75, 3.05) is 6.61 Å². The SMILES string of the molecule is C[C@@H]1CC2C3CC=C4C=C(OC(=O)c5ccccc5)C=CC4(C)C34OC4CC2(C)[C@@]1(O)C(=O)COC(=O)C(C)(C)C. The second kappa shape index (κ2) is 8.98. The minimum atomic E-state index is -1.61. The zero-order valence-corrected chi connectivity index (χ0v) is 24.7. The molecule has 1 aromatic rings. The number of epoxide rings is 1. The summed E-state index contributed by atoms with van der Waals surface area (Å²) < 4.78 is 17.7. The van der Waals surface area contributed by atoms with Crippen LogP contribution in [-0.4, -0.2) is 46.7 Å². The van der Waals surface area contributed by atoms with Gasteiger partial charge in [0.1, 0.15) is 17.0 Å². The Balaban J connectivity index is 1.26. The summed E-state index contributed by atoms with van der Waals surface area (Å²) >= 11 is 0. The lowest BCUT2D eigenvalue weighted by molar-refractivity contribution is -0.173. The number of carbonyl (C=O) groups is 3. The molecule has 0 amide bonds. The quantitative estimate of drug-likeness (QED) is 0.383. The van der Waals surface area contributed by atoms with E-state index in [9.17, 15) is 19.5 Å². The van der Waals surface area contributed by atoms with E-state index in [0.717, 1.165) is 12.0 Å². The molecule has 1 aromatic carbocycles. The summed E-state index contributed by atoms with van der Waals surface area (Å²) in [5.74, 6) is -0.918. The van der Waals surface area contributed by atoms with Gasteiger partial charge in [-0.25, -0.2) is 4.79 Å². The van der Waals surface area contributed by atoms with E-state index in [2.05, 4.69) is 19.1 Å². The molecule has 41 heavy (non-hydrogen) atoms. The predicted molar refractivity (Wildman–Crippen MR) is 151 cm³/mol. The Kier molecular flexibility index (Phi) is 6.16. The van der Waals surface area contributed by atoms with E-state index < -0.39 is 51.8 Å². The van der Waals surface area contributed by atoms with Crippen LogP contribution < -0.4 is 0 Å². The van der Waals surface area contributed by atoms with E-state index >= 15 is 0 Å². The van der Waals surface area contributed by atoms with Crippen molar-refractivity contribution in [2.24, 2.45) is 34.0 Å². The number of esters is 2. The van der Waals surface area contributed by atoms with Gasteiger partial charge in [0.2, 0.25) is 5.78 Å². The molecule has 3 fully saturated rings. The van der Waals surface area contributed by atoms with E-state index in [4.69, 9.17) is 14.2 Å². The van der Waals surface area contributed by atoms with E-state index in [-0.39, 0.29) is 23.9 Å². The topological polar surface area (TPSA) is 102 Å². The third-order valence-electron chi connectivity index (χ3n) is 10.9. The number of ether oxygens (including phenoxy) is 3. The number of allylic oxidation sites excluding steroid dienone is 3. The number of hydrogen-bond acceptors (Lipinski definition) is 7. The Hall–Kier alpha value is -3.03. The van der Waals surface area contributed by atoms with Gasteiger partial charge in [-0.15, -0.1) is 0 Å². The normalized spacial score (nSPS) is 40.2. The minimum absolute atomic E-state index is 0.0489. The molecule has 6 unspecified atom stereocenters. The van der Waals surface area contributed by atoms with Crippen molar-refractivity contribution in [1.82, 2.24) is 0 Å². The summed E-state index contributed by atoms with van der Waals surface area (Å²) in [6.07, 6.45) is 9.95. The van der Waals surface area contributed by atoms with Crippen molar-refractivity contribution in [3.63, 3.8) is 0 Å². The highest BCUT2D eigenvalue weighted by Gasteiger charge is 2.81. The van der Waals surface area contributed by atoms with Crippen LogP contribution in [0.2, 0.25) is 0 Å².